The van der Waals surface area contributed by atoms with Gasteiger partial charge in [-0.25, -0.2) is 13.2 Å². The fourth-order valence-electron chi connectivity index (χ4n) is 1.65. The van der Waals surface area contributed by atoms with Gasteiger partial charge in [-0.1, -0.05) is 0 Å². The minimum atomic E-state index is -3.98. The number of carboxylic acid groups (broad SMARTS) is 1. The quantitative estimate of drug-likeness (QED) is 0.822. The van der Waals surface area contributed by atoms with Gasteiger partial charge in [0.15, 0.2) is 5.78 Å². The van der Waals surface area contributed by atoms with Crippen LogP contribution in [-0.2, 0) is 10.0 Å². The van der Waals surface area contributed by atoms with E-state index in [0.717, 1.165) is 11.3 Å². The first-order valence-electron chi connectivity index (χ1n) is 5.76. The molecule has 0 radical (unpaired) electrons. The fraction of sp³-hybridized carbons (Fsp3) is 0.0769. The average Bonchev–Trinajstić information content (AvgIpc) is 2.89. The summed E-state index contributed by atoms with van der Waals surface area (Å²) in [7, 11) is -3.98. The Balaban J connectivity index is 2.31. The largest absolute Gasteiger partial charge is 0.477 e. The minimum absolute atomic E-state index is 0.129. The van der Waals surface area contributed by atoms with Crippen molar-refractivity contribution in [3.05, 3.63) is 46.2 Å². The zero-order valence-electron chi connectivity index (χ0n) is 10.9. The lowest BCUT2D eigenvalue weighted by Crippen LogP contribution is -2.15. The van der Waals surface area contributed by atoms with Crippen LogP contribution in [0.15, 0.2) is 40.6 Å². The van der Waals surface area contributed by atoms with Crippen LogP contribution in [0.4, 0.5) is 5.69 Å². The van der Waals surface area contributed by atoms with Gasteiger partial charge in [0.25, 0.3) is 10.0 Å². The fourth-order valence-corrected chi connectivity index (χ4v) is 3.97. The van der Waals surface area contributed by atoms with Gasteiger partial charge >= 0.3 is 5.97 Å². The number of anilines is 1. The summed E-state index contributed by atoms with van der Waals surface area (Å²) in [5, 5.41) is 10.4. The molecule has 2 N–H and O–H groups in total. The summed E-state index contributed by atoms with van der Waals surface area (Å²) in [6, 6.07) is 7.11. The Morgan fingerprint density at radius 2 is 1.76 bits per heavy atom. The Hall–Kier alpha value is -2.19. The molecule has 0 fully saturated rings. The van der Waals surface area contributed by atoms with E-state index in [1.807, 2.05) is 0 Å². The highest BCUT2D eigenvalue weighted by molar-refractivity contribution is 7.93. The third-order valence-electron chi connectivity index (χ3n) is 2.66. The molecule has 2 aromatic rings. The molecule has 1 heterocycles. The first kappa shape index (κ1) is 15.2. The SMILES string of the molecule is CC(=O)c1ccc(NS(=O)(=O)c2ccsc2C(=O)O)cc1. The molecule has 1 aromatic heterocycles. The Labute approximate surface area is 125 Å². The molecule has 0 spiro atoms. The smallest absolute Gasteiger partial charge is 0.347 e. The summed E-state index contributed by atoms with van der Waals surface area (Å²) in [5.74, 6) is -1.42. The van der Waals surface area contributed by atoms with Crippen molar-refractivity contribution in [2.24, 2.45) is 0 Å². The number of nitrogens with one attached hydrogen (secondary N) is 1. The summed E-state index contributed by atoms with van der Waals surface area (Å²) >= 11 is 0.838. The highest BCUT2D eigenvalue weighted by atomic mass is 32.2. The Morgan fingerprint density at radius 3 is 2.29 bits per heavy atom. The molecule has 0 saturated carbocycles. The number of rotatable bonds is 5. The Morgan fingerprint density at radius 1 is 1.14 bits per heavy atom. The maximum Gasteiger partial charge on any atom is 0.347 e. The van der Waals surface area contributed by atoms with E-state index in [-0.39, 0.29) is 21.2 Å². The first-order valence-corrected chi connectivity index (χ1v) is 8.12. The lowest BCUT2D eigenvalue weighted by Gasteiger charge is -2.08. The predicted molar refractivity (Wildman–Crippen MR) is 78.5 cm³/mol. The standard InChI is InChI=1S/C13H11NO5S2/c1-8(15)9-2-4-10(5-3-9)14-21(18,19)11-6-7-20-12(11)13(16)17/h2-7,14H,1H3,(H,16,17). The Bertz CT molecular complexity index is 790. The number of thiophene rings is 1. The molecule has 0 aliphatic heterocycles. The average molecular weight is 325 g/mol. The second kappa shape index (κ2) is 5.66. The number of hydrogen-bond donors (Lipinski definition) is 2. The van der Waals surface area contributed by atoms with Gasteiger partial charge in [-0.2, -0.15) is 0 Å². The van der Waals surface area contributed by atoms with Gasteiger partial charge < -0.3 is 5.11 Å². The zero-order valence-corrected chi connectivity index (χ0v) is 12.5. The molecule has 2 rings (SSSR count). The van der Waals surface area contributed by atoms with Crippen molar-refractivity contribution in [3.8, 4) is 0 Å². The molecule has 6 nitrogen and oxygen atoms in total. The molecule has 0 aliphatic rings. The van der Waals surface area contributed by atoms with Crippen LogP contribution < -0.4 is 4.72 Å². The van der Waals surface area contributed by atoms with E-state index in [0.29, 0.717) is 5.56 Å². The van der Waals surface area contributed by atoms with Crippen LogP contribution in [0.2, 0.25) is 0 Å². The van der Waals surface area contributed by atoms with Gasteiger partial charge in [-0.05, 0) is 42.6 Å². The van der Waals surface area contributed by atoms with Crippen molar-refractivity contribution in [1.82, 2.24) is 0 Å². The number of sulfonamides is 1. The second-order valence-corrected chi connectivity index (χ2v) is 6.73. The molecule has 0 unspecified atom stereocenters. The number of carbonyl (C=O) groups excluding carboxylic acids is 1. The van der Waals surface area contributed by atoms with Crippen LogP contribution in [-0.4, -0.2) is 25.3 Å². The first-order chi connectivity index (χ1) is 9.81. The van der Waals surface area contributed by atoms with E-state index in [1.54, 1.807) is 0 Å². The number of hydrogen-bond acceptors (Lipinski definition) is 5. The third-order valence-corrected chi connectivity index (χ3v) is 5.11. The molecule has 0 aliphatic carbocycles. The highest BCUT2D eigenvalue weighted by Crippen LogP contribution is 2.24. The van der Waals surface area contributed by atoms with Crippen molar-refractivity contribution in [2.45, 2.75) is 11.8 Å². The lowest BCUT2D eigenvalue weighted by atomic mass is 10.1. The van der Waals surface area contributed by atoms with Crippen molar-refractivity contribution >= 4 is 38.8 Å². The monoisotopic (exact) mass is 325 g/mol. The number of Topliss-reactive ketones (excluding diaryl/α,β-unsaturated/α-hetero) is 1. The van der Waals surface area contributed by atoms with Crippen molar-refractivity contribution < 1.29 is 23.1 Å². The molecule has 8 heteroatoms. The van der Waals surface area contributed by atoms with Crippen LogP contribution >= 0.6 is 11.3 Å². The molecule has 0 saturated heterocycles. The van der Waals surface area contributed by atoms with E-state index in [9.17, 15) is 18.0 Å². The molecule has 110 valence electrons. The van der Waals surface area contributed by atoms with E-state index >= 15 is 0 Å². The van der Waals surface area contributed by atoms with Crippen molar-refractivity contribution in [3.63, 3.8) is 0 Å². The normalized spacial score (nSPS) is 11.1. The lowest BCUT2D eigenvalue weighted by molar-refractivity contribution is 0.0698. The molecule has 0 bridgehead atoms. The van der Waals surface area contributed by atoms with Gasteiger partial charge in [-0.3, -0.25) is 9.52 Å². The molecular weight excluding hydrogens is 314 g/mol. The van der Waals surface area contributed by atoms with E-state index in [4.69, 9.17) is 5.11 Å². The van der Waals surface area contributed by atoms with Gasteiger partial charge in [0.05, 0.1) is 0 Å². The van der Waals surface area contributed by atoms with Crippen molar-refractivity contribution in [2.75, 3.05) is 4.72 Å². The van der Waals surface area contributed by atoms with E-state index < -0.39 is 16.0 Å². The molecule has 0 atom stereocenters. The van der Waals surface area contributed by atoms with Gasteiger partial charge in [0.2, 0.25) is 0 Å². The van der Waals surface area contributed by atoms with E-state index in [2.05, 4.69) is 4.72 Å². The van der Waals surface area contributed by atoms with Crippen molar-refractivity contribution in [1.29, 1.82) is 0 Å². The maximum absolute atomic E-state index is 12.2. The summed E-state index contributed by atoms with van der Waals surface area (Å²) in [5.41, 5.74) is 0.710. The maximum atomic E-state index is 12.2. The number of benzene rings is 1. The van der Waals surface area contributed by atoms with Crippen LogP contribution in [0.1, 0.15) is 27.0 Å². The van der Waals surface area contributed by atoms with Crippen LogP contribution in [0.5, 0.6) is 0 Å². The topological polar surface area (TPSA) is 101 Å². The molecular formula is C13H11NO5S2. The number of carbonyl (C=O) groups is 2. The predicted octanol–water partition coefficient (Wildman–Crippen LogP) is 2.45. The van der Waals surface area contributed by atoms with E-state index in [1.165, 1.54) is 42.6 Å². The van der Waals surface area contributed by atoms with Gasteiger partial charge in [0.1, 0.15) is 9.77 Å². The summed E-state index contributed by atoms with van der Waals surface area (Å²) in [6.07, 6.45) is 0. The third kappa shape index (κ3) is 3.29. The molecule has 1 aromatic carbocycles. The second-order valence-electron chi connectivity index (χ2n) is 4.16. The van der Waals surface area contributed by atoms with Crippen LogP contribution in [0.3, 0.4) is 0 Å². The highest BCUT2D eigenvalue weighted by Gasteiger charge is 2.23. The number of ketones is 1. The van der Waals surface area contributed by atoms with Gasteiger partial charge in [-0.15, -0.1) is 11.3 Å². The van der Waals surface area contributed by atoms with Crippen LogP contribution in [0, 0.1) is 0 Å². The summed E-state index contributed by atoms with van der Waals surface area (Å²) in [6.45, 7) is 1.41. The van der Waals surface area contributed by atoms with Gasteiger partial charge in [0, 0.05) is 11.3 Å². The summed E-state index contributed by atoms with van der Waals surface area (Å²) < 4.78 is 26.6. The van der Waals surface area contributed by atoms with Crippen LogP contribution in [0.25, 0.3) is 0 Å². The summed E-state index contributed by atoms with van der Waals surface area (Å²) in [4.78, 5) is 21.6. The number of carboxylic acids is 1. The zero-order chi connectivity index (χ0) is 15.6. The molecule has 21 heavy (non-hydrogen) atoms. The Kier molecular flexibility index (Phi) is 4.10. The minimum Gasteiger partial charge on any atom is -0.477 e. The molecule has 0 amide bonds. The number of aromatic carboxylic acids is 1.